The molecule has 5 heteroatoms. The van der Waals surface area contributed by atoms with Crippen molar-refractivity contribution in [1.82, 2.24) is 15.0 Å². The Morgan fingerprint density at radius 1 is 0.743 bits per heavy atom. The largest absolute Gasteiger partial charge is 0.325 e. The molecule has 0 radical (unpaired) electrons. The van der Waals surface area contributed by atoms with Gasteiger partial charge in [0.05, 0.1) is 11.6 Å². The van der Waals surface area contributed by atoms with Crippen molar-refractivity contribution in [3.63, 3.8) is 0 Å². The number of anilines is 1. The second kappa shape index (κ2) is 9.55. The summed E-state index contributed by atoms with van der Waals surface area (Å²) in [5.74, 6) is -0.0257. The van der Waals surface area contributed by atoms with Gasteiger partial charge in [0.25, 0.3) is 0 Å². The van der Waals surface area contributed by atoms with Crippen LogP contribution in [0.15, 0.2) is 97.1 Å². The molecule has 35 heavy (non-hydrogen) atoms. The Bertz CT molecular complexity index is 1420. The maximum absolute atomic E-state index is 13.6. The number of amides is 1. The normalized spacial score (nSPS) is 11.3. The maximum Gasteiger partial charge on any atom is 0.236 e. The van der Waals surface area contributed by atoms with Gasteiger partial charge < -0.3 is 5.32 Å². The summed E-state index contributed by atoms with van der Waals surface area (Å²) in [5, 5.41) is 12.5. The van der Waals surface area contributed by atoms with Crippen LogP contribution >= 0.6 is 0 Å². The molecule has 1 aromatic heterocycles. The molecule has 0 unspecified atom stereocenters. The highest BCUT2D eigenvalue weighted by Gasteiger charge is 2.23. The summed E-state index contributed by atoms with van der Waals surface area (Å²) < 4.78 is 0. The Hall–Kier alpha value is -4.25. The minimum absolute atomic E-state index is 0.0819. The summed E-state index contributed by atoms with van der Waals surface area (Å²) in [6.45, 7) is 6.33. The molecule has 5 rings (SSSR count). The molecule has 0 fully saturated rings. The van der Waals surface area contributed by atoms with Gasteiger partial charge in [-0.15, -0.1) is 10.2 Å². The molecule has 5 nitrogen and oxygen atoms in total. The van der Waals surface area contributed by atoms with Crippen molar-refractivity contribution in [3.8, 4) is 5.69 Å². The monoisotopic (exact) mass is 460 g/mol. The van der Waals surface area contributed by atoms with E-state index in [9.17, 15) is 4.79 Å². The highest BCUT2D eigenvalue weighted by molar-refractivity contribution is 6.00. The van der Waals surface area contributed by atoms with E-state index in [4.69, 9.17) is 0 Å². The van der Waals surface area contributed by atoms with Gasteiger partial charge in [-0.25, -0.2) is 0 Å². The van der Waals surface area contributed by atoms with Crippen LogP contribution in [0.3, 0.4) is 0 Å². The van der Waals surface area contributed by atoms with Crippen LogP contribution in [-0.2, 0) is 4.79 Å². The lowest BCUT2D eigenvalue weighted by atomic mass is 9.90. The summed E-state index contributed by atoms with van der Waals surface area (Å²) in [4.78, 5) is 15.2. The van der Waals surface area contributed by atoms with Crippen molar-refractivity contribution < 1.29 is 4.79 Å². The number of hydrogen-bond donors (Lipinski definition) is 1. The second-order valence-electron chi connectivity index (χ2n) is 9.14. The molecule has 0 aliphatic rings. The Morgan fingerprint density at radius 3 is 1.83 bits per heavy atom. The third-order valence-electron chi connectivity index (χ3n) is 6.30. The Balaban J connectivity index is 1.46. The lowest BCUT2D eigenvalue weighted by Gasteiger charge is -2.18. The predicted octanol–water partition coefficient (Wildman–Crippen LogP) is 6.62. The lowest BCUT2D eigenvalue weighted by molar-refractivity contribution is -0.116. The van der Waals surface area contributed by atoms with E-state index in [1.807, 2.05) is 91.9 Å². The zero-order valence-electron chi connectivity index (χ0n) is 20.1. The van der Waals surface area contributed by atoms with Gasteiger partial charge in [0.1, 0.15) is 11.0 Å². The number of carbonyl (C=O) groups is 1. The molecular weight excluding hydrogens is 432 g/mol. The van der Waals surface area contributed by atoms with E-state index in [1.54, 1.807) is 4.80 Å². The first-order valence-corrected chi connectivity index (χ1v) is 11.9. The topological polar surface area (TPSA) is 59.8 Å². The predicted molar refractivity (Wildman–Crippen MR) is 141 cm³/mol. The molecule has 4 aromatic carbocycles. The summed E-state index contributed by atoms with van der Waals surface area (Å²) in [7, 11) is 0. The molecule has 0 aliphatic heterocycles. The molecule has 0 atom stereocenters. The number of nitrogens with one attached hydrogen (secondary N) is 1. The third-order valence-corrected chi connectivity index (χ3v) is 6.30. The number of benzene rings is 4. The van der Waals surface area contributed by atoms with Crippen molar-refractivity contribution in [3.05, 3.63) is 119 Å². The van der Waals surface area contributed by atoms with Gasteiger partial charge in [-0.3, -0.25) is 4.79 Å². The van der Waals surface area contributed by atoms with E-state index >= 15 is 0 Å². The molecule has 174 valence electrons. The van der Waals surface area contributed by atoms with Gasteiger partial charge in [-0.1, -0.05) is 86.6 Å². The van der Waals surface area contributed by atoms with Crippen LogP contribution in [0.5, 0.6) is 0 Å². The molecule has 0 aliphatic carbocycles. The van der Waals surface area contributed by atoms with Crippen LogP contribution in [0.1, 0.15) is 47.9 Å². The van der Waals surface area contributed by atoms with E-state index in [0.29, 0.717) is 5.92 Å². The zero-order chi connectivity index (χ0) is 24.4. The first kappa shape index (κ1) is 22.5. The number of nitrogens with zero attached hydrogens (tertiary/aromatic N) is 3. The third kappa shape index (κ3) is 4.71. The van der Waals surface area contributed by atoms with Gasteiger partial charge in [-0.2, -0.15) is 4.80 Å². The van der Waals surface area contributed by atoms with E-state index in [-0.39, 0.29) is 5.91 Å². The van der Waals surface area contributed by atoms with Crippen molar-refractivity contribution in [2.75, 3.05) is 5.32 Å². The van der Waals surface area contributed by atoms with E-state index in [0.717, 1.165) is 39.1 Å². The molecule has 0 bridgehead atoms. The van der Waals surface area contributed by atoms with Gasteiger partial charge in [-0.05, 0) is 59.4 Å². The van der Waals surface area contributed by atoms with Gasteiger partial charge in [0.15, 0.2) is 0 Å². The molecular formula is C30H28N4O. The minimum Gasteiger partial charge on any atom is -0.325 e. The number of aryl methyl sites for hydroxylation is 1. The second-order valence-corrected chi connectivity index (χ2v) is 9.14. The number of fused-ring (bicyclic) bond motifs is 1. The van der Waals surface area contributed by atoms with E-state index in [2.05, 4.69) is 41.5 Å². The van der Waals surface area contributed by atoms with Crippen LogP contribution in [0, 0.1) is 6.92 Å². The van der Waals surface area contributed by atoms with Crippen molar-refractivity contribution in [1.29, 1.82) is 0 Å². The van der Waals surface area contributed by atoms with Gasteiger partial charge >= 0.3 is 0 Å². The standard InChI is InChI=1S/C30H28N4O/c1-20(2)22-14-16-25(17-15-22)34-32-27-18-21(3)26(19-28(27)33-34)31-30(35)29(23-10-6-4-7-11-23)24-12-8-5-9-13-24/h4-20,29H,1-3H3,(H,31,35). The summed E-state index contributed by atoms with van der Waals surface area (Å²) in [6.07, 6.45) is 0. The Morgan fingerprint density at radius 2 is 1.29 bits per heavy atom. The fourth-order valence-electron chi connectivity index (χ4n) is 4.30. The number of aromatic nitrogens is 3. The van der Waals surface area contributed by atoms with Gasteiger partial charge in [0, 0.05) is 5.69 Å². The smallest absolute Gasteiger partial charge is 0.236 e. The fourth-order valence-corrected chi connectivity index (χ4v) is 4.30. The Labute approximate surface area is 205 Å². The maximum atomic E-state index is 13.6. The summed E-state index contributed by atoms with van der Waals surface area (Å²) in [5.41, 5.74) is 7.27. The van der Waals surface area contributed by atoms with Crippen LogP contribution < -0.4 is 5.32 Å². The summed E-state index contributed by atoms with van der Waals surface area (Å²) in [6, 6.07) is 31.9. The average Bonchev–Trinajstić information content (AvgIpc) is 3.28. The molecule has 5 aromatic rings. The molecule has 1 amide bonds. The molecule has 1 N–H and O–H groups in total. The van der Waals surface area contributed by atoms with E-state index in [1.165, 1.54) is 5.56 Å². The number of hydrogen-bond acceptors (Lipinski definition) is 3. The minimum atomic E-state index is -0.414. The van der Waals surface area contributed by atoms with Crippen LogP contribution in [0.4, 0.5) is 5.69 Å². The van der Waals surface area contributed by atoms with Crippen LogP contribution in [0.2, 0.25) is 0 Å². The molecule has 0 spiro atoms. The SMILES string of the molecule is Cc1cc2nn(-c3ccc(C(C)C)cc3)nc2cc1NC(=O)C(c1ccccc1)c1ccccc1. The molecule has 0 saturated heterocycles. The average molecular weight is 461 g/mol. The van der Waals surface area contributed by atoms with Crippen molar-refractivity contribution >= 4 is 22.6 Å². The van der Waals surface area contributed by atoms with Gasteiger partial charge in [0.2, 0.25) is 5.91 Å². The van der Waals surface area contributed by atoms with Crippen LogP contribution in [-0.4, -0.2) is 20.9 Å². The van der Waals surface area contributed by atoms with Crippen molar-refractivity contribution in [2.45, 2.75) is 32.6 Å². The molecule has 0 saturated carbocycles. The first-order valence-electron chi connectivity index (χ1n) is 11.9. The fraction of sp³-hybridized carbons (Fsp3) is 0.167. The number of rotatable bonds is 6. The highest BCUT2D eigenvalue weighted by Crippen LogP contribution is 2.28. The molecule has 1 heterocycles. The Kier molecular flexibility index (Phi) is 6.15. The highest BCUT2D eigenvalue weighted by atomic mass is 16.1. The lowest BCUT2D eigenvalue weighted by Crippen LogP contribution is -2.22. The number of carbonyl (C=O) groups excluding carboxylic acids is 1. The van der Waals surface area contributed by atoms with Crippen molar-refractivity contribution in [2.24, 2.45) is 0 Å². The van der Waals surface area contributed by atoms with Crippen LogP contribution in [0.25, 0.3) is 16.7 Å². The van der Waals surface area contributed by atoms with E-state index < -0.39 is 5.92 Å². The summed E-state index contributed by atoms with van der Waals surface area (Å²) >= 11 is 0. The quantitative estimate of drug-likeness (QED) is 0.310. The zero-order valence-corrected chi connectivity index (χ0v) is 20.1. The first-order chi connectivity index (χ1) is 17.0.